The Labute approximate surface area is 123 Å². The molecular formula is C15H20N2O4. The standard InChI is InChI=1S/C15H20N2O4/c1-10(2)21-13-5-3-4-12(14(13)17(19)20)16-8-15(18,9-16)11-6-7-11/h3-5,10-11,18H,6-9H2,1-2H3. The molecule has 1 saturated carbocycles. The number of aliphatic hydroxyl groups is 1. The summed E-state index contributed by atoms with van der Waals surface area (Å²) in [7, 11) is 0. The van der Waals surface area contributed by atoms with Crippen molar-refractivity contribution in [2.24, 2.45) is 5.92 Å². The van der Waals surface area contributed by atoms with E-state index in [4.69, 9.17) is 4.74 Å². The van der Waals surface area contributed by atoms with E-state index in [1.807, 2.05) is 18.7 Å². The van der Waals surface area contributed by atoms with E-state index < -0.39 is 10.5 Å². The average Bonchev–Trinajstić information content (AvgIpc) is 3.18. The molecule has 0 radical (unpaired) electrons. The number of ether oxygens (including phenoxy) is 1. The van der Waals surface area contributed by atoms with Crippen molar-refractivity contribution in [3.63, 3.8) is 0 Å². The largest absolute Gasteiger partial charge is 0.484 e. The number of nitrogens with zero attached hydrogens (tertiary/aromatic N) is 2. The average molecular weight is 292 g/mol. The molecule has 3 rings (SSSR count). The Hall–Kier alpha value is -1.82. The minimum atomic E-state index is -0.664. The van der Waals surface area contributed by atoms with Crippen molar-refractivity contribution in [2.75, 3.05) is 18.0 Å². The normalized spacial score (nSPS) is 20.3. The van der Waals surface area contributed by atoms with Crippen molar-refractivity contribution >= 4 is 11.4 Å². The van der Waals surface area contributed by atoms with Gasteiger partial charge in [-0.2, -0.15) is 0 Å². The molecule has 0 spiro atoms. The van der Waals surface area contributed by atoms with Gasteiger partial charge in [0.2, 0.25) is 0 Å². The number of hydrogen-bond acceptors (Lipinski definition) is 5. The maximum Gasteiger partial charge on any atom is 0.333 e. The molecule has 1 N–H and O–H groups in total. The van der Waals surface area contributed by atoms with Crippen LogP contribution in [0.25, 0.3) is 0 Å². The molecule has 0 bridgehead atoms. The molecule has 1 aliphatic carbocycles. The third kappa shape index (κ3) is 2.55. The second kappa shape index (κ2) is 4.87. The first-order valence-corrected chi connectivity index (χ1v) is 7.32. The number of rotatable bonds is 5. The zero-order valence-corrected chi connectivity index (χ0v) is 12.3. The fraction of sp³-hybridized carbons (Fsp3) is 0.600. The quantitative estimate of drug-likeness (QED) is 0.666. The summed E-state index contributed by atoms with van der Waals surface area (Å²) in [6.45, 7) is 4.60. The molecular weight excluding hydrogens is 272 g/mol. The van der Waals surface area contributed by atoms with E-state index >= 15 is 0 Å². The molecule has 0 atom stereocenters. The molecule has 0 aromatic heterocycles. The zero-order valence-electron chi connectivity index (χ0n) is 12.3. The summed E-state index contributed by atoms with van der Waals surface area (Å²) in [5, 5.41) is 21.8. The molecule has 6 heteroatoms. The van der Waals surface area contributed by atoms with Crippen LogP contribution in [0, 0.1) is 16.0 Å². The molecule has 2 fully saturated rings. The summed E-state index contributed by atoms with van der Waals surface area (Å²) in [6.07, 6.45) is 1.99. The van der Waals surface area contributed by atoms with Crippen molar-refractivity contribution in [2.45, 2.75) is 38.4 Å². The SMILES string of the molecule is CC(C)Oc1cccc(N2CC(O)(C3CC3)C2)c1[N+](=O)[O-]. The molecule has 6 nitrogen and oxygen atoms in total. The summed E-state index contributed by atoms with van der Waals surface area (Å²) in [6, 6.07) is 5.10. The molecule has 1 aromatic rings. The number of nitro benzene ring substituents is 1. The van der Waals surface area contributed by atoms with Gasteiger partial charge in [0.05, 0.1) is 11.0 Å². The van der Waals surface area contributed by atoms with Gasteiger partial charge in [0.15, 0.2) is 5.75 Å². The summed E-state index contributed by atoms with van der Waals surface area (Å²) in [5.41, 5.74) is -0.143. The number of hydrogen-bond donors (Lipinski definition) is 1. The number of β-amino-alcohol motifs (C(OH)–C–C–N with tert-alkyl or cyclic N) is 1. The molecule has 1 aliphatic heterocycles. The number of benzene rings is 1. The Bertz CT molecular complexity index is 563. The highest BCUT2D eigenvalue weighted by Gasteiger charge is 2.53. The van der Waals surface area contributed by atoms with Crippen molar-refractivity contribution in [1.29, 1.82) is 0 Å². The molecule has 114 valence electrons. The Morgan fingerprint density at radius 1 is 1.43 bits per heavy atom. The monoisotopic (exact) mass is 292 g/mol. The van der Waals surface area contributed by atoms with E-state index in [1.165, 1.54) is 0 Å². The highest BCUT2D eigenvalue weighted by Crippen LogP contribution is 2.48. The van der Waals surface area contributed by atoms with Crippen LogP contribution < -0.4 is 9.64 Å². The molecule has 1 saturated heterocycles. The highest BCUT2D eigenvalue weighted by atomic mass is 16.6. The lowest BCUT2D eigenvalue weighted by atomic mass is 9.88. The topological polar surface area (TPSA) is 75.8 Å². The van der Waals surface area contributed by atoms with Crippen molar-refractivity contribution < 1.29 is 14.8 Å². The third-order valence-electron chi connectivity index (χ3n) is 4.13. The van der Waals surface area contributed by atoms with Crippen molar-refractivity contribution in [3.8, 4) is 5.75 Å². The highest BCUT2D eigenvalue weighted by molar-refractivity contribution is 5.71. The van der Waals surface area contributed by atoms with Gasteiger partial charge in [0.25, 0.3) is 0 Å². The van der Waals surface area contributed by atoms with Crippen LogP contribution in [-0.4, -0.2) is 34.8 Å². The van der Waals surface area contributed by atoms with Crippen LogP contribution in [-0.2, 0) is 0 Å². The lowest BCUT2D eigenvalue weighted by molar-refractivity contribution is -0.385. The van der Waals surface area contributed by atoms with Gasteiger partial charge in [0, 0.05) is 13.1 Å². The maximum atomic E-state index is 11.4. The van der Waals surface area contributed by atoms with Gasteiger partial charge in [-0.25, -0.2) is 0 Å². The van der Waals surface area contributed by atoms with Gasteiger partial charge in [-0.1, -0.05) is 6.07 Å². The number of anilines is 1. The van der Waals surface area contributed by atoms with Gasteiger partial charge < -0.3 is 14.7 Å². The molecule has 0 unspecified atom stereocenters. The molecule has 21 heavy (non-hydrogen) atoms. The molecule has 2 aliphatic rings. The molecule has 1 aromatic carbocycles. The van der Waals surface area contributed by atoms with Crippen LogP contribution in [0.3, 0.4) is 0 Å². The van der Waals surface area contributed by atoms with Crippen LogP contribution in [0.1, 0.15) is 26.7 Å². The Morgan fingerprint density at radius 2 is 2.10 bits per heavy atom. The summed E-state index contributed by atoms with van der Waals surface area (Å²) < 4.78 is 5.55. The van der Waals surface area contributed by atoms with E-state index in [-0.39, 0.29) is 17.5 Å². The fourth-order valence-electron chi connectivity index (χ4n) is 2.96. The lowest BCUT2D eigenvalue weighted by Crippen LogP contribution is -2.63. The van der Waals surface area contributed by atoms with Gasteiger partial charge >= 0.3 is 5.69 Å². The zero-order chi connectivity index (χ0) is 15.2. The third-order valence-corrected chi connectivity index (χ3v) is 4.13. The van der Waals surface area contributed by atoms with Crippen LogP contribution >= 0.6 is 0 Å². The van der Waals surface area contributed by atoms with Crippen LogP contribution in [0.15, 0.2) is 18.2 Å². The Morgan fingerprint density at radius 3 is 2.62 bits per heavy atom. The first kappa shape index (κ1) is 14.1. The van der Waals surface area contributed by atoms with Crippen molar-refractivity contribution in [1.82, 2.24) is 0 Å². The minimum absolute atomic E-state index is 0.0101. The Kier molecular flexibility index (Phi) is 3.28. The smallest absolute Gasteiger partial charge is 0.333 e. The predicted molar refractivity (Wildman–Crippen MR) is 78.7 cm³/mol. The van der Waals surface area contributed by atoms with Crippen LogP contribution in [0.4, 0.5) is 11.4 Å². The van der Waals surface area contributed by atoms with E-state index in [0.717, 1.165) is 12.8 Å². The first-order valence-electron chi connectivity index (χ1n) is 7.32. The van der Waals surface area contributed by atoms with Crippen LogP contribution in [0.2, 0.25) is 0 Å². The van der Waals surface area contributed by atoms with Gasteiger partial charge in [-0.05, 0) is 44.7 Å². The number of nitro groups is 1. The summed E-state index contributed by atoms with van der Waals surface area (Å²) >= 11 is 0. The fourth-order valence-corrected chi connectivity index (χ4v) is 2.96. The van der Waals surface area contributed by atoms with E-state index in [0.29, 0.717) is 24.7 Å². The predicted octanol–water partition coefficient (Wildman–Crippen LogP) is 2.34. The van der Waals surface area contributed by atoms with Gasteiger partial charge in [-0.3, -0.25) is 10.1 Å². The summed E-state index contributed by atoms with van der Waals surface area (Å²) in [4.78, 5) is 12.9. The number of para-hydroxylation sites is 1. The second-order valence-electron chi connectivity index (χ2n) is 6.28. The second-order valence-corrected chi connectivity index (χ2v) is 6.28. The van der Waals surface area contributed by atoms with E-state index in [9.17, 15) is 15.2 Å². The maximum absolute atomic E-state index is 11.4. The summed E-state index contributed by atoms with van der Waals surface area (Å²) in [5.74, 6) is 0.650. The molecule has 1 heterocycles. The lowest BCUT2D eigenvalue weighted by Gasteiger charge is -2.48. The van der Waals surface area contributed by atoms with Gasteiger partial charge in [0.1, 0.15) is 11.3 Å². The first-order chi connectivity index (χ1) is 9.90. The van der Waals surface area contributed by atoms with E-state index in [1.54, 1.807) is 18.2 Å². The van der Waals surface area contributed by atoms with E-state index in [2.05, 4.69) is 0 Å². The van der Waals surface area contributed by atoms with Gasteiger partial charge in [-0.15, -0.1) is 0 Å². The Balaban J connectivity index is 1.86. The van der Waals surface area contributed by atoms with Crippen molar-refractivity contribution in [3.05, 3.63) is 28.3 Å². The molecule has 0 amide bonds. The van der Waals surface area contributed by atoms with Crippen LogP contribution in [0.5, 0.6) is 5.75 Å². The minimum Gasteiger partial charge on any atom is -0.484 e.